The maximum Gasteiger partial charge on any atom is 0.119 e. The van der Waals surface area contributed by atoms with E-state index in [1.807, 2.05) is 12.1 Å². The summed E-state index contributed by atoms with van der Waals surface area (Å²) >= 11 is 0. The molecule has 3 nitrogen and oxygen atoms in total. The molecule has 1 heterocycles. The summed E-state index contributed by atoms with van der Waals surface area (Å²) in [4.78, 5) is 0. The maximum atomic E-state index is 5.56. The molecule has 1 aliphatic heterocycles. The zero-order valence-corrected chi connectivity index (χ0v) is 10.5. The molecule has 0 atom stereocenters. The van der Waals surface area contributed by atoms with Gasteiger partial charge in [-0.3, -0.25) is 0 Å². The summed E-state index contributed by atoms with van der Waals surface area (Å²) in [6.07, 6.45) is 3.46. The van der Waals surface area contributed by atoms with Gasteiger partial charge in [0.05, 0.1) is 6.61 Å². The van der Waals surface area contributed by atoms with E-state index in [-0.39, 0.29) is 0 Å². The molecule has 1 saturated heterocycles. The number of nitrogens with one attached hydrogen (secondary N) is 2. The first kappa shape index (κ1) is 12.2. The lowest BCUT2D eigenvalue weighted by atomic mass is 10.1. The summed E-state index contributed by atoms with van der Waals surface area (Å²) < 4.78 is 5.56. The lowest BCUT2D eigenvalue weighted by molar-refractivity contribution is 0.317. The summed E-state index contributed by atoms with van der Waals surface area (Å²) in [5.74, 6) is 0.961. The van der Waals surface area contributed by atoms with Crippen LogP contribution in [0.3, 0.4) is 0 Å². The van der Waals surface area contributed by atoms with Gasteiger partial charge in [0.15, 0.2) is 0 Å². The van der Waals surface area contributed by atoms with Crippen LogP contribution in [0.1, 0.15) is 26.2 Å². The quantitative estimate of drug-likeness (QED) is 0.821. The monoisotopic (exact) mass is 234 g/mol. The second kappa shape index (κ2) is 6.50. The lowest BCUT2D eigenvalue weighted by Gasteiger charge is -2.24. The molecule has 1 aromatic rings. The second-order valence-electron chi connectivity index (χ2n) is 4.54. The second-order valence-corrected chi connectivity index (χ2v) is 4.54. The van der Waals surface area contributed by atoms with Gasteiger partial charge in [0.25, 0.3) is 0 Å². The van der Waals surface area contributed by atoms with Gasteiger partial charge in [0.2, 0.25) is 0 Å². The Balaban J connectivity index is 1.84. The van der Waals surface area contributed by atoms with Gasteiger partial charge in [0.1, 0.15) is 5.75 Å². The summed E-state index contributed by atoms with van der Waals surface area (Å²) in [6, 6.07) is 8.90. The molecule has 0 aliphatic carbocycles. The van der Waals surface area contributed by atoms with Crippen LogP contribution in [-0.2, 0) is 0 Å². The van der Waals surface area contributed by atoms with Crippen molar-refractivity contribution in [3.8, 4) is 5.75 Å². The van der Waals surface area contributed by atoms with Crippen LogP contribution in [-0.4, -0.2) is 25.7 Å². The van der Waals surface area contributed by atoms with E-state index in [9.17, 15) is 0 Å². The molecule has 1 fully saturated rings. The van der Waals surface area contributed by atoms with Crippen molar-refractivity contribution in [1.29, 1.82) is 0 Å². The van der Waals surface area contributed by atoms with Crippen molar-refractivity contribution in [2.45, 2.75) is 32.2 Å². The minimum atomic E-state index is 0.610. The van der Waals surface area contributed by atoms with Crippen molar-refractivity contribution < 1.29 is 4.74 Å². The molecule has 0 spiro atoms. The highest BCUT2D eigenvalue weighted by Gasteiger charge is 2.11. The Hall–Kier alpha value is -1.22. The summed E-state index contributed by atoms with van der Waals surface area (Å²) in [7, 11) is 0. The first-order chi connectivity index (χ1) is 8.38. The molecule has 0 amide bonds. The van der Waals surface area contributed by atoms with E-state index in [4.69, 9.17) is 4.74 Å². The predicted octanol–water partition coefficient (Wildman–Crippen LogP) is 2.64. The Kier molecular flexibility index (Phi) is 4.68. The Morgan fingerprint density at radius 3 is 2.59 bits per heavy atom. The van der Waals surface area contributed by atoms with Crippen LogP contribution in [0.5, 0.6) is 5.75 Å². The van der Waals surface area contributed by atoms with Crippen LogP contribution in [0, 0.1) is 0 Å². The molecule has 94 valence electrons. The molecule has 0 aromatic heterocycles. The van der Waals surface area contributed by atoms with Crippen LogP contribution in [0.4, 0.5) is 5.69 Å². The van der Waals surface area contributed by atoms with E-state index >= 15 is 0 Å². The fraction of sp³-hybridized carbons (Fsp3) is 0.571. The normalized spacial score (nSPS) is 16.8. The Bertz CT molecular complexity index is 317. The third kappa shape index (κ3) is 3.93. The Morgan fingerprint density at radius 2 is 1.94 bits per heavy atom. The van der Waals surface area contributed by atoms with Gasteiger partial charge >= 0.3 is 0 Å². The van der Waals surface area contributed by atoms with Crippen LogP contribution in [0.15, 0.2) is 24.3 Å². The van der Waals surface area contributed by atoms with E-state index in [1.54, 1.807) is 0 Å². The molecule has 2 N–H and O–H groups in total. The molecule has 2 rings (SSSR count). The molecule has 0 bridgehead atoms. The number of hydrogen-bond donors (Lipinski definition) is 2. The molecular formula is C14H22N2O. The topological polar surface area (TPSA) is 33.3 Å². The van der Waals surface area contributed by atoms with Gasteiger partial charge in [-0.1, -0.05) is 6.92 Å². The highest BCUT2D eigenvalue weighted by molar-refractivity contribution is 5.47. The summed E-state index contributed by atoms with van der Waals surface area (Å²) in [6.45, 7) is 5.15. The average molecular weight is 234 g/mol. The highest BCUT2D eigenvalue weighted by atomic mass is 16.5. The number of hydrogen-bond acceptors (Lipinski definition) is 3. The average Bonchev–Trinajstić information content (AvgIpc) is 2.39. The summed E-state index contributed by atoms with van der Waals surface area (Å²) in [5, 5.41) is 6.94. The fourth-order valence-electron chi connectivity index (χ4n) is 2.07. The van der Waals surface area contributed by atoms with Crippen molar-refractivity contribution in [2.24, 2.45) is 0 Å². The molecule has 17 heavy (non-hydrogen) atoms. The smallest absolute Gasteiger partial charge is 0.119 e. The molecular weight excluding hydrogens is 212 g/mol. The van der Waals surface area contributed by atoms with Crippen molar-refractivity contribution in [1.82, 2.24) is 5.32 Å². The fourth-order valence-corrected chi connectivity index (χ4v) is 2.07. The molecule has 0 radical (unpaired) electrons. The van der Waals surface area contributed by atoms with Gasteiger partial charge in [-0.25, -0.2) is 0 Å². The third-order valence-corrected chi connectivity index (χ3v) is 3.04. The van der Waals surface area contributed by atoms with E-state index in [0.29, 0.717) is 6.04 Å². The van der Waals surface area contributed by atoms with Crippen molar-refractivity contribution in [2.75, 3.05) is 25.0 Å². The van der Waals surface area contributed by atoms with Gasteiger partial charge in [-0.2, -0.15) is 0 Å². The van der Waals surface area contributed by atoms with Crippen LogP contribution >= 0.6 is 0 Å². The van der Waals surface area contributed by atoms with Crippen molar-refractivity contribution in [3.63, 3.8) is 0 Å². The van der Waals surface area contributed by atoms with E-state index in [1.165, 1.54) is 18.5 Å². The number of benzene rings is 1. The van der Waals surface area contributed by atoms with Gasteiger partial charge in [0, 0.05) is 11.7 Å². The molecule has 3 heteroatoms. The van der Waals surface area contributed by atoms with Crippen molar-refractivity contribution in [3.05, 3.63) is 24.3 Å². The first-order valence-electron chi connectivity index (χ1n) is 6.58. The lowest BCUT2D eigenvalue weighted by Crippen LogP contribution is -2.35. The van der Waals surface area contributed by atoms with Gasteiger partial charge in [-0.15, -0.1) is 0 Å². The third-order valence-electron chi connectivity index (χ3n) is 3.04. The van der Waals surface area contributed by atoms with E-state index in [2.05, 4.69) is 29.7 Å². The standard InChI is InChI=1S/C14H22N2O/c1-2-11-17-14-5-3-12(4-6-14)16-13-7-9-15-10-8-13/h3-6,13,15-16H,2,7-11H2,1H3. The van der Waals surface area contributed by atoms with Crippen LogP contribution < -0.4 is 15.4 Å². The molecule has 0 unspecified atom stereocenters. The minimum absolute atomic E-state index is 0.610. The Morgan fingerprint density at radius 1 is 1.24 bits per heavy atom. The molecule has 0 saturated carbocycles. The SMILES string of the molecule is CCCOc1ccc(NC2CCNCC2)cc1. The van der Waals surface area contributed by atoms with Crippen LogP contribution in [0.25, 0.3) is 0 Å². The minimum Gasteiger partial charge on any atom is -0.494 e. The molecule has 1 aliphatic rings. The number of ether oxygens (including phenoxy) is 1. The molecule has 1 aromatic carbocycles. The number of anilines is 1. The number of piperidine rings is 1. The highest BCUT2D eigenvalue weighted by Crippen LogP contribution is 2.18. The maximum absolute atomic E-state index is 5.56. The number of rotatable bonds is 5. The van der Waals surface area contributed by atoms with Gasteiger partial charge < -0.3 is 15.4 Å². The zero-order valence-electron chi connectivity index (χ0n) is 10.5. The summed E-state index contributed by atoms with van der Waals surface area (Å²) in [5.41, 5.74) is 1.20. The van der Waals surface area contributed by atoms with E-state index in [0.717, 1.165) is 31.9 Å². The van der Waals surface area contributed by atoms with E-state index < -0.39 is 0 Å². The first-order valence-corrected chi connectivity index (χ1v) is 6.58. The largest absolute Gasteiger partial charge is 0.494 e. The van der Waals surface area contributed by atoms with Crippen molar-refractivity contribution >= 4 is 5.69 Å². The van der Waals surface area contributed by atoms with Crippen LogP contribution in [0.2, 0.25) is 0 Å². The Labute approximate surface area is 104 Å². The zero-order chi connectivity index (χ0) is 11.9. The predicted molar refractivity (Wildman–Crippen MR) is 71.7 cm³/mol. The van der Waals surface area contributed by atoms with Gasteiger partial charge in [-0.05, 0) is 56.6 Å².